The second-order valence-electron chi connectivity index (χ2n) is 4.29. The van der Waals surface area contributed by atoms with E-state index in [1.165, 1.54) is 12.1 Å². The van der Waals surface area contributed by atoms with Crippen molar-refractivity contribution in [3.05, 3.63) is 50.5 Å². The van der Waals surface area contributed by atoms with Crippen LogP contribution < -0.4 is 5.73 Å². The van der Waals surface area contributed by atoms with Crippen molar-refractivity contribution in [2.24, 2.45) is 0 Å². The van der Waals surface area contributed by atoms with Crippen molar-refractivity contribution < 1.29 is 4.92 Å². The van der Waals surface area contributed by atoms with Crippen molar-refractivity contribution in [2.75, 3.05) is 12.8 Å². The molecular weight excluding hydrogens is 264 g/mol. The quantitative estimate of drug-likeness (QED) is 0.515. The Kier molecular flexibility index (Phi) is 4.08. The second-order valence-corrected chi connectivity index (χ2v) is 5.01. The number of aromatic nitrogens is 1. The van der Waals surface area contributed by atoms with Gasteiger partial charge in [0.1, 0.15) is 0 Å². The van der Waals surface area contributed by atoms with E-state index in [1.54, 1.807) is 22.9 Å². The number of rotatable bonds is 5. The zero-order chi connectivity index (χ0) is 13.8. The van der Waals surface area contributed by atoms with E-state index in [0.717, 1.165) is 11.3 Å². The largest absolute Gasteiger partial charge is 0.398 e. The monoisotopic (exact) mass is 278 g/mol. The summed E-state index contributed by atoms with van der Waals surface area (Å²) in [6, 6.07) is 4.51. The summed E-state index contributed by atoms with van der Waals surface area (Å²) in [6.45, 7) is 1.23. The smallest absolute Gasteiger partial charge is 0.269 e. The molecular formula is C12H14N4O2S. The van der Waals surface area contributed by atoms with E-state index in [0.29, 0.717) is 18.8 Å². The summed E-state index contributed by atoms with van der Waals surface area (Å²) in [5, 5.41) is 12.7. The molecule has 0 aliphatic carbocycles. The predicted octanol–water partition coefficient (Wildman–Crippen LogP) is 2.27. The molecule has 0 radical (unpaired) electrons. The number of benzene rings is 1. The van der Waals surface area contributed by atoms with Crippen LogP contribution in [0.3, 0.4) is 0 Å². The van der Waals surface area contributed by atoms with Crippen LogP contribution in [0.4, 0.5) is 11.4 Å². The number of hydrogen-bond acceptors (Lipinski definition) is 6. The maximum atomic E-state index is 10.7. The van der Waals surface area contributed by atoms with Gasteiger partial charge in [-0.05, 0) is 18.7 Å². The van der Waals surface area contributed by atoms with Gasteiger partial charge in [0, 0.05) is 36.3 Å². The van der Waals surface area contributed by atoms with Crippen LogP contribution in [0.5, 0.6) is 0 Å². The molecule has 0 fully saturated rings. The molecule has 0 aliphatic rings. The van der Waals surface area contributed by atoms with Gasteiger partial charge in [0.05, 0.1) is 16.1 Å². The Morgan fingerprint density at radius 3 is 2.89 bits per heavy atom. The Balaban J connectivity index is 2.09. The van der Waals surface area contributed by atoms with Crippen molar-refractivity contribution in [1.29, 1.82) is 0 Å². The first-order valence-electron chi connectivity index (χ1n) is 5.64. The molecule has 0 aliphatic heterocycles. The average molecular weight is 278 g/mol. The van der Waals surface area contributed by atoms with Crippen LogP contribution in [0, 0.1) is 10.1 Å². The van der Waals surface area contributed by atoms with Gasteiger partial charge in [-0.1, -0.05) is 0 Å². The molecule has 1 heterocycles. The van der Waals surface area contributed by atoms with Gasteiger partial charge in [0.2, 0.25) is 0 Å². The number of non-ortho nitro benzene ring substituents is 1. The van der Waals surface area contributed by atoms with Crippen LogP contribution in [0.25, 0.3) is 0 Å². The molecule has 0 saturated carbocycles. The van der Waals surface area contributed by atoms with Crippen molar-refractivity contribution in [1.82, 2.24) is 9.88 Å². The summed E-state index contributed by atoms with van der Waals surface area (Å²) in [4.78, 5) is 16.6. The summed E-state index contributed by atoms with van der Waals surface area (Å²) >= 11 is 1.55. The fraction of sp³-hybridized carbons (Fsp3) is 0.250. The number of nitrogens with two attached hydrogens (primary N) is 1. The van der Waals surface area contributed by atoms with Crippen LogP contribution in [0.1, 0.15) is 11.3 Å². The van der Waals surface area contributed by atoms with E-state index in [-0.39, 0.29) is 5.69 Å². The van der Waals surface area contributed by atoms with E-state index < -0.39 is 4.92 Å². The minimum atomic E-state index is -0.413. The van der Waals surface area contributed by atoms with Gasteiger partial charge in [0.15, 0.2) is 0 Å². The molecule has 0 spiro atoms. The van der Waals surface area contributed by atoms with Crippen molar-refractivity contribution in [3.8, 4) is 0 Å². The Morgan fingerprint density at radius 2 is 2.26 bits per heavy atom. The Morgan fingerprint density at radius 1 is 1.47 bits per heavy atom. The maximum Gasteiger partial charge on any atom is 0.269 e. The zero-order valence-corrected chi connectivity index (χ0v) is 11.3. The minimum absolute atomic E-state index is 0.0614. The highest BCUT2D eigenvalue weighted by molar-refractivity contribution is 7.07. The average Bonchev–Trinajstić information content (AvgIpc) is 2.84. The first kappa shape index (κ1) is 13.4. The minimum Gasteiger partial charge on any atom is -0.398 e. The molecule has 100 valence electrons. The molecule has 0 bridgehead atoms. The molecule has 1 aromatic carbocycles. The molecule has 0 amide bonds. The summed E-state index contributed by atoms with van der Waals surface area (Å²) < 4.78 is 0. The van der Waals surface area contributed by atoms with E-state index in [4.69, 9.17) is 5.73 Å². The highest BCUT2D eigenvalue weighted by atomic mass is 32.1. The van der Waals surface area contributed by atoms with E-state index in [2.05, 4.69) is 4.98 Å². The first-order valence-corrected chi connectivity index (χ1v) is 6.59. The van der Waals surface area contributed by atoms with Gasteiger partial charge < -0.3 is 5.73 Å². The van der Waals surface area contributed by atoms with E-state index in [1.807, 2.05) is 17.3 Å². The van der Waals surface area contributed by atoms with Crippen LogP contribution in [-0.4, -0.2) is 21.9 Å². The van der Waals surface area contributed by atoms with Gasteiger partial charge in [-0.3, -0.25) is 15.0 Å². The van der Waals surface area contributed by atoms with Gasteiger partial charge >= 0.3 is 0 Å². The van der Waals surface area contributed by atoms with Crippen LogP contribution >= 0.6 is 11.3 Å². The second kappa shape index (κ2) is 5.77. The number of thiazole rings is 1. The van der Waals surface area contributed by atoms with Crippen molar-refractivity contribution in [3.63, 3.8) is 0 Å². The zero-order valence-electron chi connectivity index (χ0n) is 10.4. The maximum absolute atomic E-state index is 10.7. The normalized spacial score (nSPS) is 10.8. The number of nitro groups is 1. The molecule has 19 heavy (non-hydrogen) atoms. The molecule has 0 saturated heterocycles. The molecule has 1 aromatic heterocycles. The lowest BCUT2D eigenvalue weighted by atomic mass is 10.1. The summed E-state index contributed by atoms with van der Waals surface area (Å²) in [7, 11) is 1.93. The third kappa shape index (κ3) is 3.49. The SMILES string of the molecule is CN(Cc1cscn1)Cc1cc([N+](=O)[O-])ccc1N. The Labute approximate surface area is 114 Å². The van der Waals surface area contributed by atoms with Crippen molar-refractivity contribution in [2.45, 2.75) is 13.1 Å². The molecule has 2 rings (SSSR count). The third-order valence-corrected chi connectivity index (χ3v) is 3.33. The fourth-order valence-electron chi connectivity index (χ4n) is 1.78. The fourth-order valence-corrected chi connectivity index (χ4v) is 2.33. The van der Waals surface area contributed by atoms with Gasteiger partial charge in [0.25, 0.3) is 5.69 Å². The molecule has 6 nitrogen and oxygen atoms in total. The predicted molar refractivity (Wildman–Crippen MR) is 74.8 cm³/mol. The van der Waals surface area contributed by atoms with Gasteiger partial charge in [-0.15, -0.1) is 11.3 Å². The third-order valence-electron chi connectivity index (χ3n) is 2.69. The number of nitrogens with zero attached hydrogens (tertiary/aromatic N) is 3. The van der Waals surface area contributed by atoms with Gasteiger partial charge in [-0.2, -0.15) is 0 Å². The number of hydrogen-bond donors (Lipinski definition) is 1. The van der Waals surface area contributed by atoms with Crippen LogP contribution in [0.15, 0.2) is 29.1 Å². The highest BCUT2D eigenvalue weighted by Crippen LogP contribution is 2.21. The lowest BCUT2D eigenvalue weighted by Gasteiger charge is -2.16. The van der Waals surface area contributed by atoms with Gasteiger partial charge in [-0.25, -0.2) is 4.98 Å². The first-order chi connectivity index (χ1) is 9.06. The standard InChI is InChI=1S/C12H14N4O2S/c1-15(6-10-7-19-8-14-10)5-9-4-11(16(17)18)2-3-12(9)13/h2-4,7-8H,5-6,13H2,1H3. The number of nitrogen functional groups attached to an aromatic ring is 1. The summed E-state index contributed by atoms with van der Waals surface area (Å²) in [5.74, 6) is 0. The number of anilines is 1. The molecule has 0 atom stereocenters. The van der Waals surface area contributed by atoms with Crippen LogP contribution in [0.2, 0.25) is 0 Å². The Bertz CT molecular complexity index is 571. The molecule has 2 N–H and O–H groups in total. The Hall–Kier alpha value is -1.99. The highest BCUT2D eigenvalue weighted by Gasteiger charge is 2.11. The van der Waals surface area contributed by atoms with E-state index >= 15 is 0 Å². The van der Waals surface area contributed by atoms with Crippen molar-refractivity contribution >= 4 is 22.7 Å². The molecule has 7 heteroatoms. The summed E-state index contributed by atoms with van der Waals surface area (Å²) in [6.07, 6.45) is 0. The number of nitro benzene ring substituents is 1. The lowest BCUT2D eigenvalue weighted by Crippen LogP contribution is -2.18. The topological polar surface area (TPSA) is 85.3 Å². The molecule has 0 unspecified atom stereocenters. The van der Waals surface area contributed by atoms with Crippen LogP contribution in [-0.2, 0) is 13.1 Å². The lowest BCUT2D eigenvalue weighted by molar-refractivity contribution is -0.384. The van der Waals surface area contributed by atoms with E-state index in [9.17, 15) is 10.1 Å². The summed E-state index contributed by atoms with van der Waals surface area (Å²) in [5.41, 5.74) is 10.00. The molecule has 2 aromatic rings.